The fourth-order valence-corrected chi connectivity index (χ4v) is 3.13. The summed E-state index contributed by atoms with van der Waals surface area (Å²) in [5.41, 5.74) is -0.0449. The molecular weight excluding hydrogens is 298 g/mol. The van der Waals surface area contributed by atoms with Crippen LogP contribution in [0.5, 0.6) is 11.5 Å². The van der Waals surface area contributed by atoms with Crippen LogP contribution in [0.15, 0.2) is 16.6 Å². The zero-order valence-electron chi connectivity index (χ0n) is 10.9. The van der Waals surface area contributed by atoms with Crippen LogP contribution >= 0.6 is 15.9 Å². The van der Waals surface area contributed by atoms with Crippen molar-refractivity contribution in [3.05, 3.63) is 22.2 Å². The largest absolute Gasteiger partial charge is 0.495 e. The first-order chi connectivity index (χ1) is 8.51. The van der Waals surface area contributed by atoms with Crippen molar-refractivity contribution >= 4 is 15.9 Å². The molecule has 1 atom stereocenters. The lowest BCUT2D eigenvalue weighted by Crippen LogP contribution is -2.29. The van der Waals surface area contributed by atoms with Gasteiger partial charge in [0, 0.05) is 18.7 Å². The topological polar surface area (TPSA) is 41.9 Å². The highest BCUT2D eigenvalue weighted by atomic mass is 79.9. The second-order valence-electron chi connectivity index (χ2n) is 4.68. The van der Waals surface area contributed by atoms with Crippen molar-refractivity contribution in [2.24, 2.45) is 0 Å². The van der Waals surface area contributed by atoms with Gasteiger partial charge < -0.3 is 19.5 Å². The van der Waals surface area contributed by atoms with Crippen LogP contribution in [0.3, 0.4) is 0 Å². The Morgan fingerprint density at radius 3 is 2.56 bits per heavy atom. The molecule has 1 unspecified atom stereocenters. The molecule has 4 nitrogen and oxygen atoms in total. The lowest BCUT2D eigenvalue weighted by molar-refractivity contribution is 0.0462. The molecular formula is C13H18BrNO3. The molecule has 0 saturated carbocycles. The minimum Gasteiger partial charge on any atom is -0.495 e. The van der Waals surface area contributed by atoms with Gasteiger partial charge in [-0.3, -0.25) is 0 Å². The van der Waals surface area contributed by atoms with Crippen molar-refractivity contribution in [2.75, 3.05) is 34.4 Å². The monoisotopic (exact) mass is 315 g/mol. The molecule has 100 valence electrons. The van der Waals surface area contributed by atoms with Crippen LogP contribution in [-0.4, -0.2) is 44.4 Å². The Hall–Kier alpha value is -0.780. The Balaban J connectivity index is 2.48. The van der Waals surface area contributed by atoms with Gasteiger partial charge in [-0.25, -0.2) is 0 Å². The van der Waals surface area contributed by atoms with E-state index in [4.69, 9.17) is 9.47 Å². The number of hydrogen-bond acceptors (Lipinski definition) is 4. The van der Waals surface area contributed by atoms with Gasteiger partial charge in [0.25, 0.3) is 0 Å². The van der Waals surface area contributed by atoms with E-state index >= 15 is 0 Å². The number of ether oxygens (including phenoxy) is 2. The summed E-state index contributed by atoms with van der Waals surface area (Å²) < 4.78 is 11.4. The van der Waals surface area contributed by atoms with E-state index < -0.39 is 5.60 Å². The van der Waals surface area contributed by atoms with E-state index in [1.165, 1.54) is 0 Å². The van der Waals surface area contributed by atoms with Gasteiger partial charge >= 0.3 is 0 Å². The van der Waals surface area contributed by atoms with Gasteiger partial charge in [0.2, 0.25) is 0 Å². The molecule has 1 aromatic rings. The summed E-state index contributed by atoms with van der Waals surface area (Å²) in [5.74, 6) is 1.35. The van der Waals surface area contributed by atoms with E-state index in [9.17, 15) is 5.11 Å². The van der Waals surface area contributed by atoms with Crippen LogP contribution < -0.4 is 9.47 Å². The van der Waals surface area contributed by atoms with Gasteiger partial charge in [-0.15, -0.1) is 0 Å². The van der Waals surface area contributed by atoms with Gasteiger partial charge in [-0.05, 0) is 41.5 Å². The third kappa shape index (κ3) is 2.22. The molecule has 0 spiro atoms. The second-order valence-corrected chi connectivity index (χ2v) is 5.47. The van der Waals surface area contributed by atoms with Crippen molar-refractivity contribution in [1.82, 2.24) is 4.90 Å². The molecule has 1 saturated heterocycles. The molecule has 1 fully saturated rings. The number of halogens is 1. The smallest absolute Gasteiger partial charge is 0.142 e. The van der Waals surface area contributed by atoms with E-state index in [-0.39, 0.29) is 0 Å². The third-order valence-electron chi connectivity index (χ3n) is 3.43. The molecule has 1 heterocycles. The first-order valence-electron chi connectivity index (χ1n) is 5.83. The van der Waals surface area contributed by atoms with E-state index in [1.54, 1.807) is 14.2 Å². The van der Waals surface area contributed by atoms with Gasteiger partial charge in [-0.1, -0.05) is 0 Å². The summed E-state index contributed by atoms with van der Waals surface area (Å²) in [6, 6.07) is 3.72. The van der Waals surface area contributed by atoms with E-state index in [0.717, 1.165) is 16.6 Å². The minimum absolute atomic E-state index is 0.613. The third-order valence-corrected chi connectivity index (χ3v) is 4.18. The molecule has 0 bridgehead atoms. The Kier molecular flexibility index (Phi) is 3.84. The van der Waals surface area contributed by atoms with Crippen LogP contribution in [0.1, 0.15) is 12.0 Å². The first-order valence-corrected chi connectivity index (χ1v) is 6.63. The predicted molar refractivity (Wildman–Crippen MR) is 73.3 cm³/mol. The van der Waals surface area contributed by atoms with Crippen molar-refractivity contribution in [1.29, 1.82) is 0 Å². The summed E-state index contributed by atoms with van der Waals surface area (Å²) in [4.78, 5) is 2.11. The van der Waals surface area contributed by atoms with Gasteiger partial charge in [0.15, 0.2) is 0 Å². The molecule has 2 rings (SSSR count). The molecule has 1 N–H and O–H groups in total. The number of likely N-dealkylation sites (tertiary alicyclic amines) is 1. The van der Waals surface area contributed by atoms with Crippen LogP contribution in [0.25, 0.3) is 0 Å². The van der Waals surface area contributed by atoms with Gasteiger partial charge in [-0.2, -0.15) is 0 Å². The molecule has 0 amide bonds. The molecule has 0 aliphatic carbocycles. The lowest BCUT2D eigenvalue weighted by Gasteiger charge is -2.26. The highest BCUT2D eigenvalue weighted by molar-refractivity contribution is 9.10. The Morgan fingerprint density at radius 2 is 2.06 bits per heavy atom. The summed E-state index contributed by atoms with van der Waals surface area (Å²) in [7, 11) is 5.21. The molecule has 18 heavy (non-hydrogen) atoms. The zero-order valence-corrected chi connectivity index (χ0v) is 12.5. The van der Waals surface area contributed by atoms with Crippen LogP contribution in [0.4, 0.5) is 0 Å². The number of β-amino-alcohol motifs (C(OH)–C–C–N with tert-alkyl or cyclic N) is 1. The van der Waals surface area contributed by atoms with Crippen LogP contribution in [0, 0.1) is 0 Å². The molecule has 0 radical (unpaired) electrons. The average Bonchev–Trinajstić information content (AvgIpc) is 2.70. The Labute approximate surface area is 116 Å². The molecule has 1 aliphatic rings. The Bertz CT molecular complexity index is 452. The fourth-order valence-electron chi connectivity index (χ4n) is 2.46. The minimum atomic E-state index is -0.852. The Morgan fingerprint density at radius 1 is 1.33 bits per heavy atom. The molecule has 1 aliphatic heterocycles. The van der Waals surface area contributed by atoms with Crippen molar-refractivity contribution in [3.63, 3.8) is 0 Å². The quantitative estimate of drug-likeness (QED) is 0.926. The van der Waals surface area contributed by atoms with Crippen LogP contribution in [0.2, 0.25) is 0 Å². The normalized spacial score (nSPS) is 24.3. The van der Waals surface area contributed by atoms with E-state index in [1.807, 2.05) is 19.2 Å². The highest BCUT2D eigenvalue weighted by Crippen LogP contribution is 2.44. The summed E-state index contributed by atoms with van der Waals surface area (Å²) in [5, 5.41) is 10.7. The van der Waals surface area contributed by atoms with Gasteiger partial charge in [0.05, 0.1) is 14.2 Å². The summed E-state index contributed by atoms with van der Waals surface area (Å²) in [6.07, 6.45) is 0.707. The second kappa shape index (κ2) is 5.07. The number of aliphatic hydroxyl groups is 1. The van der Waals surface area contributed by atoms with Crippen LogP contribution in [-0.2, 0) is 5.60 Å². The van der Waals surface area contributed by atoms with Crippen molar-refractivity contribution in [3.8, 4) is 11.5 Å². The summed E-state index contributed by atoms with van der Waals surface area (Å²) in [6.45, 7) is 1.49. The number of hydrogen-bond donors (Lipinski definition) is 1. The summed E-state index contributed by atoms with van der Waals surface area (Å²) >= 11 is 3.46. The highest BCUT2D eigenvalue weighted by Gasteiger charge is 2.39. The lowest BCUT2D eigenvalue weighted by atomic mass is 9.92. The number of methoxy groups -OCH3 is 2. The number of benzene rings is 1. The molecule has 5 heteroatoms. The van der Waals surface area contributed by atoms with Crippen molar-refractivity contribution < 1.29 is 14.6 Å². The predicted octanol–water partition coefficient (Wildman–Crippen LogP) is 1.99. The first kappa shape index (κ1) is 13.6. The van der Waals surface area contributed by atoms with E-state index in [2.05, 4.69) is 20.8 Å². The molecule has 0 aromatic heterocycles. The SMILES string of the molecule is COc1ccc(C2(O)CCN(C)C2)c(OC)c1Br. The number of likely N-dealkylation sites (N-methyl/N-ethyl adjacent to an activating group) is 1. The fraction of sp³-hybridized carbons (Fsp3) is 0.538. The zero-order chi connectivity index (χ0) is 13.3. The standard InChI is InChI=1S/C13H18BrNO3/c1-15-7-6-13(16,8-15)9-4-5-10(17-2)11(14)12(9)18-3/h4-5,16H,6-8H2,1-3H3. The average molecular weight is 316 g/mol. The van der Waals surface area contributed by atoms with Gasteiger partial charge in [0.1, 0.15) is 21.6 Å². The number of nitrogens with zero attached hydrogens (tertiary/aromatic N) is 1. The number of rotatable bonds is 3. The van der Waals surface area contributed by atoms with Crippen molar-refractivity contribution in [2.45, 2.75) is 12.0 Å². The van der Waals surface area contributed by atoms with E-state index in [0.29, 0.717) is 24.5 Å². The molecule has 1 aromatic carbocycles. The maximum absolute atomic E-state index is 10.7. The maximum atomic E-state index is 10.7. The maximum Gasteiger partial charge on any atom is 0.142 e.